The highest BCUT2D eigenvalue weighted by atomic mass is 32.1. The maximum atomic E-state index is 5.56. The molecule has 0 spiro atoms. The van der Waals surface area contributed by atoms with Gasteiger partial charge in [0.1, 0.15) is 0 Å². The number of aryl methyl sites for hydroxylation is 2. The number of nitrogens with two attached hydrogens (primary N) is 1. The molecule has 0 aliphatic heterocycles. The summed E-state index contributed by atoms with van der Waals surface area (Å²) in [5.41, 5.74) is 10.9. The molecule has 0 aliphatic carbocycles. The third-order valence-electron chi connectivity index (χ3n) is 2.88. The van der Waals surface area contributed by atoms with E-state index in [4.69, 9.17) is 5.73 Å². The summed E-state index contributed by atoms with van der Waals surface area (Å²) in [5, 5.41) is 2.21. The lowest BCUT2D eigenvalue weighted by Crippen LogP contribution is -2.01. The number of rotatable bonds is 3. The van der Waals surface area contributed by atoms with Gasteiger partial charge < -0.3 is 5.73 Å². The van der Waals surface area contributed by atoms with Gasteiger partial charge in [0.25, 0.3) is 0 Å². The monoisotopic (exact) mass is 231 g/mol. The van der Waals surface area contributed by atoms with E-state index in [-0.39, 0.29) is 0 Å². The minimum absolute atomic E-state index is 0.725. The summed E-state index contributed by atoms with van der Waals surface area (Å²) < 4.78 is 0. The molecule has 16 heavy (non-hydrogen) atoms. The molecule has 2 N–H and O–H groups in total. The van der Waals surface area contributed by atoms with Gasteiger partial charge in [0.05, 0.1) is 0 Å². The van der Waals surface area contributed by atoms with Crippen LogP contribution in [0.2, 0.25) is 0 Å². The molecule has 0 fully saturated rings. The van der Waals surface area contributed by atoms with E-state index in [2.05, 4.69) is 43.5 Å². The van der Waals surface area contributed by atoms with Crippen LogP contribution in [0.5, 0.6) is 0 Å². The standard InChI is InChI=1S/C14H17NS/c1-10-3-4-13(7-11(10)2)14-8-12(5-6-15)9-16-14/h3-4,7-9H,5-6,15H2,1-2H3. The maximum absolute atomic E-state index is 5.56. The summed E-state index contributed by atoms with van der Waals surface area (Å²) in [7, 11) is 0. The van der Waals surface area contributed by atoms with Crippen LogP contribution in [0.3, 0.4) is 0 Å². The zero-order chi connectivity index (χ0) is 11.5. The Labute approximate surface area is 101 Å². The Bertz CT molecular complexity index is 485. The fourth-order valence-electron chi connectivity index (χ4n) is 1.72. The first-order valence-corrected chi connectivity index (χ1v) is 6.44. The predicted molar refractivity (Wildman–Crippen MR) is 72.0 cm³/mol. The van der Waals surface area contributed by atoms with E-state index in [1.165, 1.54) is 27.1 Å². The summed E-state index contributed by atoms with van der Waals surface area (Å²) in [6.45, 7) is 5.03. The number of benzene rings is 1. The molecule has 1 heterocycles. The van der Waals surface area contributed by atoms with Crippen LogP contribution >= 0.6 is 11.3 Å². The Balaban J connectivity index is 2.31. The van der Waals surface area contributed by atoms with Crippen molar-refractivity contribution in [1.82, 2.24) is 0 Å². The SMILES string of the molecule is Cc1ccc(-c2cc(CCN)cs2)cc1C. The van der Waals surface area contributed by atoms with Crippen molar-refractivity contribution in [2.75, 3.05) is 6.54 Å². The first kappa shape index (κ1) is 11.4. The maximum Gasteiger partial charge on any atom is 0.0345 e. The average molecular weight is 231 g/mol. The van der Waals surface area contributed by atoms with Crippen LogP contribution < -0.4 is 5.73 Å². The van der Waals surface area contributed by atoms with Gasteiger partial charge in [0.2, 0.25) is 0 Å². The van der Waals surface area contributed by atoms with Crippen LogP contribution in [-0.2, 0) is 6.42 Å². The first-order valence-electron chi connectivity index (χ1n) is 5.56. The molecule has 1 aromatic carbocycles. The third kappa shape index (κ3) is 2.34. The smallest absolute Gasteiger partial charge is 0.0345 e. The fraction of sp³-hybridized carbons (Fsp3) is 0.286. The molecule has 0 atom stereocenters. The van der Waals surface area contributed by atoms with Crippen LogP contribution in [0.15, 0.2) is 29.6 Å². The lowest BCUT2D eigenvalue weighted by molar-refractivity contribution is 0.974. The van der Waals surface area contributed by atoms with E-state index in [1.807, 2.05) is 0 Å². The molecule has 0 aliphatic rings. The summed E-state index contributed by atoms with van der Waals surface area (Å²) >= 11 is 1.80. The number of hydrogen-bond donors (Lipinski definition) is 1. The van der Waals surface area contributed by atoms with Gasteiger partial charge in [-0.05, 0) is 60.5 Å². The molecule has 84 valence electrons. The Kier molecular flexibility index (Phi) is 3.42. The molecule has 0 amide bonds. The predicted octanol–water partition coefficient (Wildman–Crippen LogP) is 3.53. The van der Waals surface area contributed by atoms with Crippen LogP contribution in [0.25, 0.3) is 10.4 Å². The van der Waals surface area contributed by atoms with Gasteiger partial charge in [-0.15, -0.1) is 11.3 Å². The van der Waals surface area contributed by atoms with Gasteiger partial charge in [-0.3, -0.25) is 0 Å². The van der Waals surface area contributed by atoms with Crippen LogP contribution in [0.1, 0.15) is 16.7 Å². The zero-order valence-corrected chi connectivity index (χ0v) is 10.6. The third-order valence-corrected chi connectivity index (χ3v) is 3.91. The van der Waals surface area contributed by atoms with E-state index in [1.54, 1.807) is 11.3 Å². The molecule has 0 bridgehead atoms. The molecular formula is C14H17NS. The van der Waals surface area contributed by atoms with Crippen molar-refractivity contribution in [3.63, 3.8) is 0 Å². The van der Waals surface area contributed by atoms with Gasteiger partial charge in [-0.1, -0.05) is 18.2 Å². The fourth-order valence-corrected chi connectivity index (χ4v) is 2.67. The molecule has 0 unspecified atom stereocenters. The molecule has 0 saturated heterocycles. The van der Waals surface area contributed by atoms with E-state index >= 15 is 0 Å². The Morgan fingerprint density at radius 1 is 1.12 bits per heavy atom. The lowest BCUT2D eigenvalue weighted by Gasteiger charge is -2.02. The van der Waals surface area contributed by atoms with Crippen molar-refractivity contribution in [1.29, 1.82) is 0 Å². The van der Waals surface area contributed by atoms with Crippen molar-refractivity contribution < 1.29 is 0 Å². The van der Waals surface area contributed by atoms with Crippen LogP contribution in [-0.4, -0.2) is 6.54 Å². The second-order valence-electron chi connectivity index (χ2n) is 4.16. The minimum Gasteiger partial charge on any atom is -0.330 e. The summed E-state index contributed by atoms with van der Waals surface area (Å²) in [5.74, 6) is 0. The van der Waals surface area contributed by atoms with Gasteiger partial charge >= 0.3 is 0 Å². The Hall–Kier alpha value is -1.12. The molecule has 1 nitrogen and oxygen atoms in total. The second-order valence-corrected chi connectivity index (χ2v) is 5.07. The summed E-state index contributed by atoms with van der Waals surface area (Å²) in [6, 6.07) is 8.89. The van der Waals surface area contributed by atoms with Crippen molar-refractivity contribution in [2.45, 2.75) is 20.3 Å². The van der Waals surface area contributed by atoms with E-state index < -0.39 is 0 Å². The quantitative estimate of drug-likeness (QED) is 0.859. The van der Waals surface area contributed by atoms with Gasteiger partial charge in [-0.2, -0.15) is 0 Å². The molecule has 1 aromatic heterocycles. The van der Waals surface area contributed by atoms with E-state index in [0.29, 0.717) is 0 Å². The lowest BCUT2D eigenvalue weighted by atomic mass is 10.0. The second kappa shape index (κ2) is 4.81. The van der Waals surface area contributed by atoms with Gasteiger partial charge in [0.15, 0.2) is 0 Å². The average Bonchev–Trinajstić information content (AvgIpc) is 2.71. The van der Waals surface area contributed by atoms with Crippen molar-refractivity contribution >= 4 is 11.3 Å². The van der Waals surface area contributed by atoms with E-state index in [9.17, 15) is 0 Å². The van der Waals surface area contributed by atoms with Crippen LogP contribution in [0.4, 0.5) is 0 Å². The number of thiophene rings is 1. The molecular weight excluding hydrogens is 214 g/mol. The molecule has 2 rings (SSSR count). The highest BCUT2D eigenvalue weighted by Gasteiger charge is 2.03. The highest BCUT2D eigenvalue weighted by Crippen LogP contribution is 2.28. The largest absolute Gasteiger partial charge is 0.330 e. The first-order chi connectivity index (χ1) is 7.70. The van der Waals surface area contributed by atoms with Gasteiger partial charge in [0, 0.05) is 4.88 Å². The zero-order valence-electron chi connectivity index (χ0n) is 9.79. The minimum atomic E-state index is 0.725. The Morgan fingerprint density at radius 2 is 1.94 bits per heavy atom. The normalized spacial score (nSPS) is 10.7. The van der Waals surface area contributed by atoms with Crippen molar-refractivity contribution in [3.05, 3.63) is 46.3 Å². The Morgan fingerprint density at radius 3 is 2.62 bits per heavy atom. The topological polar surface area (TPSA) is 26.0 Å². The molecule has 0 saturated carbocycles. The molecule has 2 aromatic rings. The van der Waals surface area contributed by atoms with E-state index in [0.717, 1.165) is 13.0 Å². The van der Waals surface area contributed by atoms with Crippen LogP contribution in [0, 0.1) is 13.8 Å². The highest BCUT2D eigenvalue weighted by molar-refractivity contribution is 7.13. The molecule has 0 radical (unpaired) electrons. The number of hydrogen-bond acceptors (Lipinski definition) is 2. The molecule has 2 heteroatoms. The summed E-state index contributed by atoms with van der Waals surface area (Å²) in [4.78, 5) is 1.34. The summed E-state index contributed by atoms with van der Waals surface area (Å²) in [6.07, 6.45) is 0.974. The van der Waals surface area contributed by atoms with Crippen molar-refractivity contribution in [2.24, 2.45) is 5.73 Å². The van der Waals surface area contributed by atoms with Gasteiger partial charge in [-0.25, -0.2) is 0 Å². The van der Waals surface area contributed by atoms with Crippen molar-refractivity contribution in [3.8, 4) is 10.4 Å².